The van der Waals surface area contributed by atoms with Crippen LogP contribution in [0.3, 0.4) is 0 Å². The van der Waals surface area contributed by atoms with Gasteiger partial charge in [-0.3, -0.25) is 0 Å². The topological polar surface area (TPSA) is 67.1 Å². The SMILES string of the molecule is I.NC(CCCCNC(=O)Nc1ccccc1)(CCc1ccccc1Cl)Cc1cc(F)ccc1F. The molecule has 4 N–H and O–H groups in total. The molecule has 0 aromatic heterocycles. The lowest BCUT2D eigenvalue weighted by Gasteiger charge is -2.30. The van der Waals surface area contributed by atoms with E-state index in [1.807, 2.05) is 54.6 Å². The molecule has 0 heterocycles. The number of urea groups is 1. The van der Waals surface area contributed by atoms with E-state index in [2.05, 4.69) is 10.6 Å². The summed E-state index contributed by atoms with van der Waals surface area (Å²) in [6.07, 6.45) is 3.43. The number of unbranched alkanes of at least 4 members (excludes halogenated alkanes) is 1. The van der Waals surface area contributed by atoms with E-state index >= 15 is 0 Å². The highest BCUT2D eigenvalue weighted by molar-refractivity contribution is 14.0. The number of nitrogens with two attached hydrogens (primary N) is 1. The Morgan fingerprint density at radius 3 is 2.37 bits per heavy atom. The highest BCUT2D eigenvalue weighted by Crippen LogP contribution is 2.27. The molecule has 1 unspecified atom stereocenters. The van der Waals surface area contributed by atoms with Gasteiger partial charge in [0.25, 0.3) is 0 Å². The zero-order valence-electron chi connectivity index (χ0n) is 19.4. The highest BCUT2D eigenvalue weighted by Gasteiger charge is 2.27. The number of nitrogens with one attached hydrogen (secondary N) is 2. The van der Waals surface area contributed by atoms with Crippen molar-refractivity contribution >= 4 is 47.3 Å². The summed E-state index contributed by atoms with van der Waals surface area (Å²) in [4.78, 5) is 12.0. The maximum Gasteiger partial charge on any atom is 0.319 e. The maximum atomic E-state index is 14.3. The van der Waals surface area contributed by atoms with Gasteiger partial charge in [0.05, 0.1) is 0 Å². The van der Waals surface area contributed by atoms with Crippen LogP contribution in [0.2, 0.25) is 5.02 Å². The molecule has 0 bridgehead atoms. The number of para-hydroxylation sites is 1. The third-order valence-electron chi connectivity index (χ3n) is 5.82. The number of amides is 2. The summed E-state index contributed by atoms with van der Waals surface area (Å²) < 4.78 is 28.1. The standard InChI is InChI=1S/C27H30ClF2N3O.HI/c28-24-11-5-4-8-20(24)14-16-27(31,19-21-18-22(29)12-13-25(21)30)15-6-7-17-32-26(34)33-23-9-2-1-3-10-23;/h1-5,8-13,18H,6-7,14-17,19,31H2,(H2,32,33,34);1H. The van der Waals surface area contributed by atoms with E-state index in [-0.39, 0.29) is 42.0 Å². The van der Waals surface area contributed by atoms with Crippen LogP contribution in [0.15, 0.2) is 72.8 Å². The minimum Gasteiger partial charge on any atom is -0.338 e. The monoisotopic (exact) mass is 613 g/mol. The van der Waals surface area contributed by atoms with Gasteiger partial charge in [-0.2, -0.15) is 0 Å². The van der Waals surface area contributed by atoms with Crippen molar-refractivity contribution in [3.05, 3.63) is 101 Å². The molecule has 1 atom stereocenters. The van der Waals surface area contributed by atoms with Crippen LogP contribution in [-0.4, -0.2) is 18.1 Å². The number of benzene rings is 3. The van der Waals surface area contributed by atoms with Crippen molar-refractivity contribution in [2.75, 3.05) is 11.9 Å². The summed E-state index contributed by atoms with van der Waals surface area (Å²) in [6, 6.07) is 19.9. The second kappa shape index (κ2) is 14.4. The summed E-state index contributed by atoms with van der Waals surface area (Å²) >= 11 is 6.30. The molecule has 8 heteroatoms. The molecule has 188 valence electrons. The van der Waals surface area contributed by atoms with E-state index in [0.717, 1.165) is 29.8 Å². The predicted molar refractivity (Wildman–Crippen MR) is 149 cm³/mol. The average Bonchev–Trinajstić information content (AvgIpc) is 2.81. The second-order valence-electron chi connectivity index (χ2n) is 8.57. The number of carbonyl (C=O) groups is 1. The van der Waals surface area contributed by atoms with E-state index in [4.69, 9.17) is 17.3 Å². The van der Waals surface area contributed by atoms with Gasteiger partial charge in [0, 0.05) is 22.8 Å². The first kappa shape index (κ1) is 29.0. The van der Waals surface area contributed by atoms with Crippen LogP contribution in [-0.2, 0) is 12.8 Å². The van der Waals surface area contributed by atoms with E-state index in [9.17, 15) is 13.6 Å². The molecule has 0 fully saturated rings. The first-order chi connectivity index (χ1) is 16.3. The number of rotatable bonds is 11. The second-order valence-corrected chi connectivity index (χ2v) is 8.98. The Morgan fingerprint density at radius 1 is 0.914 bits per heavy atom. The van der Waals surface area contributed by atoms with Crippen molar-refractivity contribution in [1.29, 1.82) is 0 Å². The Bertz CT molecular complexity index is 1090. The summed E-state index contributed by atoms with van der Waals surface area (Å²) in [5.41, 5.74) is 7.97. The van der Waals surface area contributed by atoms with Crippen molar-refractivity contribution in [2.45, 2.75) is 44.1 Å². The Kier molecular flexibility index (Phi) is 11.9. The Balaban J connectivity index is 0.00000432. The van der Waals surface area contributed by atoms with Crippen molar-refractivity contribution in [2.24, 2.45) is 5.73 Å². The van der Waals surface area contributed by atoms with Gasteiger partial charge < -0.3 is 16.4 Å². The fraction of sp³-hybridized carbons (Fsp3) is 0.296. The molecular formula is C27H31ClF2IN3O. The van der Waals surface area contributed by atoms with Crippen LogP contribution in [0.5, 0.6) is 0 Å². The molecule has 3 aromatic rings. The average molecular weight is 614 g/mol. The number of aryl methyl sites for hydroxylation is 1. The van der Waals surface area contributed by atoms with Crippen LogP contribution in [0.25, 0.3) is 0 Å². The Labute approximate surface area is 227 Å². The van der Waals surface area contributed by atoms with Gasteiger partial charge in [0.15, 0.2) is 0 Å². The third-order valence-corrected chi connectivity index (χ3v) is 6.19. The van der Waals surface area contributed by atoms with Crippen LogP contribution >= 0.6 is 35.6 Å². The van der Waals surface area contributed by atoms with Crippen LogP contribution in [0.1, 0.15) is 36.8 Å². The summed E-state index contributed by atoms with van der Waals surface area (Å²) in [5, 5.41) is 6.27. The minimum atomic E-state index is -0.750. The summed E-state index contributed by atoms with van der Waals surface area (Å²) in [6.45, 7) is 0.480. The first-order valence-electron chi connectivity index (χ1n) is 11.4. The van der Waals surface area contributed by atoms with Crippen LogP contribution in [0.4, 0.5) is 19.3 Å². The molecule has 35 heavy (non-hydrogen) atoms. The van der Waals surface area contributed by atoms with E-state index in [1.165, 1.54) is 6.07 Å². The zero-order valence-corrected chi connectivity index (χ0v) is 22.5. The number of anilines is 1. The van der Waals surface area contributed by atoms with Crippen molar-refractivity contribution in [3.63, 3.8) is 0 Å². The van der Waals surface area contributed by atoms with Gasteiger partial charge in [0.2, 0.25) is 0 Å². The number of hydrogen-bond donors (Lipinski definition) is 3. The molecule has 0 spiro atoms. The smallest absolute Gasteiger partial charge is 0.319 e. The highest BCUT2D eigenvalue weighted by atomic mass is 127. The molecule has 0 saturated carbocycles. The van der Waals surface area contributed by atoms with Crippen LogP contribution < -0.4 is 16.4 Å². The fourth-order valence-corrected chi connectivity index (χ4v) is 4.18. The van der Waals surface area contributed by atoms with Gasteiger partial charge in [-0.05, 0) is 86.1 Å². The van der Waals surface area contributed by atoms with Crippen molar-refractivity contribution in [1.82, 2.24) is 5.32 Å². The lowest BCUT2D eigenvalue weighted by Crippen LogP contribution is -2.43. The van der Waals surface area contributed by atoms with Crippen LogP contribution in [0, 0.1) is 11.6 Å². The first-order valence-corrected chi connectivity index (χ1v) is 11.8. The lowest BCUT2D eigenvalue weighted by molar-refractivity contribution is 0.251. The van der Waals surface area contributed by atoms with Crippen molar-refractivity contribution in [3.8, 4) is 0 Å². The predicted octanol–water partition coefficient (Wildman–Crippen LogP) is 7.10. The molecule has 0 aliphatic carbocycles. The lowest BCUT2D eigenvalue weighted by atomic mass is 9.81. The molecular weight excluding hydrogens is 583 g/mol. The molecule has 0 aliphatic rings. The Morgan fingerprint density at radius 2 is 1.63 bits per heavy atom. The summed E-state index contributed by atoms with van der Waals surface area (Å²) in [7, 11) is 0. The number of carbonyl (C=O) groups excluding carboxylic acids is 1. The van der Waals surface area contributed by atoms with E-state index in [0.29, 0.717) is 37.3 Å². The van der Waals surface area contributed by atoms with Crippen molar-refractivity contribution < 1.29 is 13.6 Å². The molecule has 0 saturated heterocycles. The zero-order chi connectivity index (χ0) is 24.4. The maximum absolute atomic E-state index is 14.3. The van der Waals surface area contributed by atoms with E-state index < -0.39 is 17.2 Å². The van der Waals surface area contributed by atoms with Gasteiger partial charge in [-0.15, -0.1) is 24.0 Å². The van der Waals surface area contributed by atoms with Gasteiger partial charge in [-0.1, -0.05) is 48.0 Å². The number of halogens is 4. The molecule has 3 aromatic carbocycles. The largest absolute Gasteiger partial charge is 0.338 e. The molecule has 0 radical (unpaired) electrons. The quantitative estimate of drug-likeness (QED) is 0.160. The molecule has 4 nitrogen and oxygen atoms in total. The van der Waals surface area contributed by atoms with Gasteiger partial charge in [-0.25, -0.2) is 13.6 Å². The normalized spacial score (nSPS) is 12.3. The van der Waals surface area contributed by atoms with Gasteiger partial charge >= 0.3 is 6.03 Å². The van der Waals surface area contributed by atoms with E-state index in [1.54, 1.807) is 0 Å². The Hall–Kier alpha value is -2.23. The molecule has 0 aliphatic heterocycles. The minimum absolute atomic E-state index is 0. The fourth-order valence-electron chi connectivity index (χ4n) is 3.95. The number of hydrogen-bond acceptors (Lipinski definition) is 2. The molecule has 2 amide bonds. The molecule has 3 rings (SSSR count). The van der Waals surface area contributed by atoms with Gasteiger partial charge in [0.1, 0.15) is 11.6 Å². The summed E-state index contributed by atoms with van der Waals surface area (Å²) in [5.74, 6) is -0.952. The third kappa shape index (κ3) is 9.74.